The van der Waals surface area contributed by atoms with Gasteiger partial charge in [0.15, 0.2) is 9.84 Å². The molecule has 2 heterocycles. The average molecular weight is 320 g/mol. The number of hydrogen-bond acceptors (Lipinski definition) is 6. The molecule has 8 nitrogen and oxygen atoms in total. The molecule has 0 radical (unpaired) electrons. The van der Waals surface area contributed by atoms with E-state index in [2.05, 4.69) is 15.6 Å². The maximum absolute atomic E-state index is 12.2. The first-order valence-corrected chi connectivity index (χ1v) is 8.19. The molecule has 1 N–H and O–H groups in total. The molecule has 1 aromatic carbocycles. The minimum atomic E-state index is -3.24. The predicted molar refractivity (Wildman–Crippen MR) is 78.7 cm³/mol. The molecule has 0 spiro atoms. The number of hydrogen-bond donors (Lipinski definition) is 1. The van der Waals surface area contributed by atoms with E-state index < -0.39 is 27.3 Å². The van der Waals surface area contributed by atoms with Crippen molar-refractivity contribution in [1.82, 2.24) is 20.3 Å². The molecular formula is C13H12N4O4S. The van der Waals surface area contributed by atoms with Gasteiger partial charge in [-0.1, -0.05) is 17.3 Å². The molecule has 0 saturated carbocycles. The molecule has 2 aromatic rings. The summed E-state index contributed by atoms with van der Waals surface area (Å²) in [6, 6.07) is 6.11. The summed E-state index contributed by atoms with van der Waals surface area (Å²) in [7, 11) is -3.24. The Morgan fingerprint density at radius 2 is 2.14 bits per heavy atom. The molecule has 3 rings (SSSR count). The zero-order chi connectivity index (χ0) is 15.7. The third-order valence-electron chi connectivity index (χ3n) is 3.20. The molecule has 1 aliphatic rings. The fourth-order valence-corrected chi connectivity index (χ4v) is 3.42. The molecule has 1 aliphatic heterocycles. The normalized spacial score (nSPS) is 19.4. The summed E-state index contributed by atoms with van der Waals surface area (Å²) >= 11 is 0. The van der Waals surface area contributed by atoms with Crippen LogP contribution in [0.5, 0.6) is 0 Å². The largest absolute Gasteiger partial charge is 0.347 e. The lowest BCUT2D eigenvalue weighted by Gasteiger charge is -2.10. The summed E-state index contributed by atoms with van der Waals surface area (Å²) in [5.41, 5.74) is 0.0318. The van der Waals surface area contributed by atoms with E-state index >= 15 is 0 Å². The van der Waals surface area contributed by atoms with Crippen LogP contribution in [0.1, 0.15) is 0 Å². The van der Waals surface area contributed by atoms with Crippen LogP contribution in [0, 0.1) is 0 Å². The van der Waals surface area contributed by atoms with Crippen LogP contribution in [-0.2, 0) is 21.2 Å². The molecule has 114 valence electrons. The van der Waals surface area contributed by atoms with E-state index in [1.165, 1.54) is 6.08 Å². The number of amides is 1. The van der Waals surface area contributed by atoms with E-state index in [-0.39, 0.29) is 12.3 Å². The van der Waals surface area contributed by atoms with Gasteiger partial charge < -0.3 is 5.32 Å². The average Bonchev–Trinajstić information content (AvgIpc) is 2.81. The smallest absolute Gasteiger partial charge is 0.278 e. The van der Waals surface area contributed by atoms with Crippen molar-refractivity contribution in [3.05, 3.63) is 46.1 Å². The summed E-state index contributed by atoms with van der Waals surface area (Å²) in [6.45, 7) is -0.318. The highest BCUT2D eigenvalue weighted by molar-refractivity contribution is 7.94. The first-order chi connectivity index (χ1) is 10.4. The van der Waals surface area contributed by atoms with E-state index in [1.807, 2.05) is 0 Å². The second kappa shape index (κ2) is 5.34. The summed E-state index contributed by atoms with van der Waals surface area (Å²) in [5.74, 6) is -0.671. The van der Waals surface area contributed by atoms with Crippen molar-refractivity contribution in [1.29, 1.82) is 0 Å². The molecule has 0 saturated heterocycles. The van der Waals surface area contributed by atoms with Crippen LogP contribution in [0.25, 0.3) is 10.9 Å². The molecule has 0 unspecified atom stereocenters. The van der Waals surface area contributed by atoms with Gasteiger partial charge in [-0.3, -0.25) is 9.59 Å². The Kier molecular flexibility index (Phi) is 3.49. The van der Waals surface area contributed by atoms with E-state index in [4.69, 9.17) is 0 Å². The number of rotatable bonds is 3. The monoisotopic (exact) mass is 320 g/mol. The maximum atomic E-state index is 12.2. The highest BCUT2D eigenvalue weighted by Gasteiger charge is 2.23. The van der Waals surface area contributed by atoms with Gasteiger partial charge in [0.05, 0.1) is 17.2 Å². The SMILES string of the molecule is O=C(Cn1nnc2ccccc2c1=O)N[C@H]1C=CS(=O)(=O)C1. The van der Waals surface area contributed by atoms with Crippen LogP contribution in [0.3, 0.4) is 0 Å². The third kappa shape index (κ3) is 2.89. The molecule has 22 heavy (non-hydrogen) atoms. The first-order valence-electron chi connectivity index (χ1n) is 6.47. The fraction of sp³-hybridized carbons (Fsp3) is 0.231. The Hall–Kier alpha value is -2.55. The van der Waals surface area contributed by atoms with Crippen LogP contribution in [0.2, 0.25) is 0 Å². The number of fused-ring (bicyclic) bond motifs is 1. The van der Waals surface area contributed by atoms with Crippen LogP contribution >= 0.6 is 0 Å². The van der Waals surface area contributed by atoms with E-state index in [0.29, 0.717) is 10.9 Å². The molecule has 0 fully saturated rings. The summed E-state index contributed by atoms with van der Waals surface area (Å²) in [6.07, 6.45) is 1.40. The van der Waals surface area contributed by atoms with Gasteiger partial charge in [0.1, 0.15) is 12.1 Å². The number of benzene rings is 1. The number of nitrogens with zero attached hydrogens (tertiary/aromatic N) is 3. The molecule has 0 bridgehead atoms. The molecule has 1 aromatic heterocycles. The number of sulfone groups is 1. The number of nitrogens with one attached hydrogen (secondary N) is 1. The third-order valence-corrected chi connectivity index (χ3v) is 4.59. The molecular weight excluding hydrogens is 308 g/mol. The zero-order valence-electron chi connectivity index (χ0n) is 11.3. The molecule has 1 amide bonds. The Balaban J connectivity index is 1.76. The Morgan fingerprint density at radius 1 is 1.36 bits per heavy atom. The Bertz CT molecular complexity index is 932. The minimum Gasteiger partial charge on any atom is -0.347 e. The highest BCUT2D eigenvalue weighted by atomic mass is 32.2. The fourth-order valence-electron chi connectivity index (χ4n) is 2.18. The second-order valence-corrected chi connectivity index (χ2v) is 6.83. The van der Waals surface area contributed by atoms with Crippen LogP contribution in [0.15, 0.2) is 40.5 Å². The van der Waals surface area contributed by atoms with Crippen LogP contribution in [-0.4, -0.2) is 41.1 Å². The van der Waals surface area contributed by atoms with Gasteiger partial charge in [0.2, 0.25) is 5.91 Å². The first kappa shape index (κ1) is 14.4. The summed E-state index contributed by atoms with van der Waals surface area (Å²) in [5, 5.41) is 11.5. The van der Waals surface area contributed by atoms with Crippen molar-refractivity contribution in [2.24, 2.45) is 0 Å². The lowest BCUT2D eigenvalue weighted by Crippen LogP contribution is -2.40. The summed E-state index contributed by atoms with van der Waals surface area (Å²) < 4.78 is 23.5. The maximum Gasteiger partial charge on any atom is 0.278 e. The number of carbonyl (C=O) groups excluding carboxylic acids is 1. The zero-order valence-corrected chi connectivity index (χ0v) is 12.2. The standard InChI is InChI=1S/C13H12N4O4S/c18-12(14-9-5-6-22(20,21)8-9)7-17-13(19)10-3-1-2-4-11(10)15-16-17/h1-6,9H,7-8H2,(H,14,18)/t9-/m0/s1. The molecule has 9 heteroatoms. The van der Waals surface area contributed by atoms with E-state index in [0.717, 1.165) is 10.1 Å². The predicted octanol–water partition coefficient (Wildman–Crippen LogP) is -0.782. The van der Waals surface area contributed by atoms with Gasteiger partial charge in [-0.2, -0.15) is 0 Å². The van der Waals surface area contributed by atoms with Gasteiger partial charge in [0, 0.05) is 5.41 Å². The van der Waals surface area contributed by atoms with Gasteiger partial charge in [0.25, 0.3) is 5.56 Å². The van der Waals surface area contributed by atoms with Crippen molar-refractivity contribution in [2.75, 3.05) is 5.75 Å². The van der Waals surface area contributed by atoms with Crippen molar-refractivity contribution in [2.45, 2.75) is 12.6 Å². The second-order valence-electron chi connectivity index (χ2n) is 4.90. The lowest BCUT2D eigenvalue weighted by molar-refractivity contribution is -0.122. The van der Waals surface area contributed by atoms with Crippen molar-refractivity contribution in [3.63, 3.8) is 0 Å². The van der Waals surface area contributed by atoms with Gasteiger partial charge in [-0.15, -0.1) is 5.10 Å². The number of carbonyl (C=O) groups is 1. The lowest BCUT2D eigenvalue weighted by atomic mass is 10.2. The number of aromatic nitrogens is 3. The topological polar surface area (TPSA) is 111 Å². The summed E-state index contributed by atoms with van der Waals surface area (Å²) in [4.78, 5) is 24.1. The van der Waals surface area contributed by atoms with Gasteiger partial charge in [-0.05, 0) is 18.2 Å². The molecule has 0 aliphatic carbocycles. The minimum absolute atomic E-state index is 0.170. The Labute approximate surface area is 125 Å². The van der Waals surface area contributed by atoms with Crippen LogP contribution < -0.4 is 10.9 Å². The highest BCUT2D eigenvalue weighted by Crippen LogP contribution is 2.07. The van der Waals surface area contributed by atoms with Gasteiger partial charge >= 0.3 is 0 Å². The van der Waals surface area contributed by atoms with E-state index in [9.17, 15) is 18.0 Å². The van der Waals surface area contributed by atoms with E-state index in [1.54, 1.807) is 24.3 Å². The van der Waals surface area contributed by atoms with Crippen LogP contribution in [0.4, 0.5) is 0 Å². The quantitative estimate of drug-likeness (QED) is 0.794. The van der Waals surface area contributed by atoms with Crippen molar-refractivity contribution < 1.29 is 13.2 Å². The van der Waals surface area contributed by atoms with Gasteiger partial charge in [-0.25, -0.2) is 13.1 Å². The van der Waals surface area contributed by atoms with Crippen molar-refractivity contribution in [3.8, 4) is 0 Å². The Morgan fingerprint density at radius 3 is 2.86 bits per heavy atom. The molecule has 1 atom stereocenters. The van der Waals surface area contributed by atoms with Crippen molar-refractivity contribution >= 4 is 26.6 Å².